The summed E-state index contributed by atoms with van der Waals surface area (Å²) >= 11 is 1.24. The van der Waals surface area contributed by atoms with E-state index in [1.807, 2.05) is 38.1 Å². The van der Waals surface area contributed by atoms with Gasteiger partial charge in [-0.25, -0.2) is 19.1 Å². The summed E-state index contributed by atoms with van der Waals surface area (Å²) in [5, 5.41) is 20.5. The largest absolute Gasteiger partial charge is 0.491 e. The van der Waals surface area contributed by atoms with E-state index in [2.05, 4.69) is 4.98 Å². The van der Waals surface area contributed by atoms with E-state index in [0.29, 0.717) is 27.1 Å². The number of carboxylic acid groups (broad SMARTS) is 1. The van der Waals surface area contributed by atoms with Crippen molar-refractivity contribution in [2.24, 2.45) is 5.92 Å². The third kappa shape index (κ3) is 5.92. The molecular weight excluding hydrogens is 570 g/mol. The van der Waals surface area contributed by atoms with E-state index >= 15 is 0 Å². The van der Waals surface area contributed by atoms with Crippen LogP contribution in [0, 0.1) is 12.8 Å². The van der Waals surface area contributed by atoms with Gasteiger partial charge in [-0.2, -0.15) is 0 Å². The van der Waals surface area contributed by atoms with Crippen molar-refractivity contribution in [2.45, 2.75) is 96.9 Å². The summed E-state index contributed by atoms with van der Waals surface area (Å²) in [6, 6.07) is 7.80. The number of aliphatic carboxylic acids is 1. The van der Waals surface area contributed by atoms with Crippen molar-refractivity contribution in [1.29, 1.82) is 0 Å². The molecule has 0 radical (unpaired) electrons. The second-order valence-electron chi connectivity index (χ2n) is 12.3. The fourth-order valence-electron chi connectivity index (χ4n) is 6.12. The van der Waals surface area contributed by atoms with Gasteiger partial charge in [-0.3, -0.25) is 9.36 Å². The molecule has 3 aromatic heterocycles. The molecule has 1 atom stereocenters. The molecular formula is C32H39N3O7S. The highest BCUT2D eigenvalue weighted by Gasteiger charge is 2.36. The Labute approximate surface area is 253 Å². The second kappa shape index (κ2) is 12.1. The Morgan fingerprint density at radius 1 is 1.19 bits per heavy atom. The Morgan fingerprint density at radius 3 is 2.51 bits per heavy atom. The minimum absolute atomic E-state index is 0.0670. The van der Waals surface area contributed by atoms with Gasteiger partial charge in [-0.05, 0) is 89.8 Å². The molecule has 0 spiro atoms. The smallest absolute Gasteiger partial charge is 0.333 e. The van der Waals surface area contributed by atoms with Gasteiger partial charge in [0.25, 0.3) is 5.56 Å². The van der Waals surface area contributed by atoms with E-state index < -0.39 is 22.8 Å². The highest BCUT2D eigenvalue weighted by molar-refractivity contribution is 7.22. The molecule has 230 valence electrons. The van der Waals surface area contributed by atoms with Crippen LogP contribution in [-0.4, -0.2) is 42.5 Å². The van der Waals surface area contributed by atoms with Gasteiger partial charge in [0.05, 0.1) is 28.7 Å². The van der Waals surface area contributed by atoms with E-state index in [1.165, 1.54) is 37.6 Å². The lowest BCUT2D eigenvalue weighted by Gasteiger charge is -2.31. The van der Waals surface area contributed by atoms with Crippen LogP contribution < -0.4 is 16.0 Å². The number of aliphatic hydroxyl groups is 1. The first kappa shape index (κ1) is 30.7. The number of para-hydroxylation sites is 1. The van der Waals surface area contributed by atoms with Crippen LogP contribution in [0.15, 0.2) is 50.7 Å². The molecule has 4 aromatic rings. The molecule has 2 N–H and O–H groups in total. The maximum Gasteiger partial charge on any atom is 0.333 e. The molecule has 3 heterocycles. The number of hydrogen-bond donors (Lipinski definition) is 2. The van der Waals surface area contributed by atoms with Crippen LogP contribution in [0.4, 0.5) is 0 Å². The number of aliphatic hydroxyl groups excluding tert-OH is 1. The van der Waals surface area contributed by atoms with E-state index in [-0.39, 0.29) is 30.1 Å². The van der Waals surface area contributed by atoms with Gasteiger partial charge in [0.2, 0.25) is 5.89 Å². The average molecular weight is 610 g/mol. The van der Waals surface area contributed by atoms with Crippen LogP contribution >= 0.6 is 11.3 Å². The molecule has 0 aliphatic heterocycles. The first-order valence-electron chi connectivity index (χ1n) is 14.8. The van der Waals surface area contributed by atoms with Crippen LogP contribution in [0.2, 0.25) is 0 Å². The van der Waals surface area contributed by atoms with Crippen LogP contribution in [0.25, 0.3) is 21.0 Å². The quantitative estimate of drug-likeness (QED) is 0.240. The van der Waals surface area contributed by atoms with Gasteiger partial charge in [0, 0.05) is 12.5 Å². The van der Waals surface area contributed by atoms with Crippen molar-refractivity contribution < 1.29 is 24.2 Å². The topological polar surface area (TPSA) is 137 Å². The Hall–Kier alpha value is -3.70. The van der Waals surface area contributed by atoms with Gasteiger partial charge < -0.3 is 19.4 Å². The van der Waals surface area contributed by atoms with Crippen molar-refractivity contribution in [3.8, 4) is 16.5 Å². The van der Waals surface area contributed by atoms with Crippen molar-refractivity contribution >= 4 is 27.5 Å². The Bertz CT molecular complexity index is 1720. The Kier molecular flexibility index (Phi) is 8.67. The predicted octanol–water partition coefficient (Wildman–Crippen LogP) is 5.52. The lowest BCUT2D eigenvalue weighted by atomic mass is 9.79. The summed E-state index contributed by atoms with van der Waals surface area (Å²) in [4.78, 5) is 45.9. The second-order valence-corrected chi connectivity index (χ2v) is 13.3. The molecule has 10 nitrogen and oxygen atoms in total. The number of oxazole rings is 1. The minimum Gasteiger partial charge on any atom is -0.491 e. The molecule has 0 amide bonds. The fourth-order valence-corrected chi connectivity index (χ4v) is 7.36. The zero-order chi connectivity index (χ0) is 31.1. The third-order valence-corrected chi connectivity index (χ3v) is 9.78. The van der Waals surface area contributed by atoms with Crippen molar-refractivity contribution in [3.63, 3.8) is 0 Å². The lowest BCUT2D eigenvalue weighted by molar-refractivity contribution is -0.146. The molecule has 0 bridgehead atoms. The van der Waals surface area contributed by atoms with E-state index in [9.17, 15) is 24.6 Å². The number of carbonyl (C=O) groups is 1. The SMILES string of the molecule is Cc1c(-c2ncco2)sc2c1c(=O)n(C(C)(C)C(=O)O)c(=O)n2C[C@H](C[C@H]1CC[C@H](O)CC1)c1ccccc1OC(C)C. The molecule has 1 saturated carbocycles. The van der Waals surface area contributed by atoms with Crippen LogP contribution in [-0.2, 0) is 16.9 Å². The summed E-state index contributed by atoms with van der Waals surface area (Å²) in [7, 11) is 0. The van der Waals surface area contributed by atoms with Crippen molar-refractivity contribution in [2.75, 3.05) is 0 Å². The lowest BCUT2D eigenvalue weighted by Crippen LogP contribution is -2.52. The van der Waals surface area contributed by atoms with Crippen molar-refractivity contribution in [3.05, 3.63) is 68.7 Å². The van der Waals surface area contributed by atoms with E-state index in [1.54, 1.807) is 11.5 Å². The number of benzene rings is 1. The minimum atomic E-state index is -1.80. The number of carboxylic acids is 1. The zero-order valence-electron chi connectivity index (χ0n) is 25.2. The number of rotatable bonds is 10. The first-order chi connectivity index (χ1) is 20.4. The summed E-state index contributed by atoms with van der Waals surface area (Å²) in [5.74, 6) is -0.103. The summed E-state index contributed by atoms with van der Waals surface area (Å²) < 4.78 is 14.2. The molecule has 5 rings (SSSR count). The Morgan fingerprint density at radius 2 is 1.88 bits per heavy atom. The van der Waals surface area contributed by atoms with Gasteiger partial charge in [-0.1, -0.05) is 18.2 Å². The molecule has 1 aromatic carbocycles. The molecule has 0 saturated heterocycles. The average Bonchev–Trinajstić information content (AvgIpc) is 3.59. The Balaban J connectivity index is 1.74. The maximum atomic E-state index is 14.3. The summed E-state index contributed by atoms with van der Waals surface area (Å²) in [6.45, 7) is 8.62. The number of aryl methyl sites for hydroxylation is 1. The molecule has 0 unspecified atom stereocenters. The van der Waals surface area contributed by atoms with E-state index in [4.69, 9.17) is 9.15 Å². The highest BCUT2D eigenvalue weighted by Crippen LogP contribution is 2.40. The number of aromatic nitrogens is 3. The molecule has 1 aliphatic carbocycles. The fraction of sp³-hybridized carbons (Fsp3) is 0.500. The van der Waals surface area contributed by atoms with Gasteiger partial charge in [0.1, 0.15) is 22.4 Å². The zero-order valence-corrected chi connectivity index (χ0v) is 26.0. The normalized spacial score (nSPS) is 18.3. The first-order valence-corrected chi connectivity index (χ1v) is 15.6. The highest BCUT2D eigenvalue weighted by atomic mass is 32.1. The summed E-state index contributed by atoms with van der Waals surface area (Å²) in [5.41, 5.74) is -1.61. The molecule has 11 heteroatoms. The van der Waals surface area contributed by atoms with Crippen LogP contribution in [0.5, 0.6) is 5.75 Å². The molecule has 43 heavy (non-hydrogen) atoms. The number of fused-ring (bicyclic) bond motifs is 1. The van der Waals surface area contributed by atoms with Crippen molar-refractivity contribution in [1.82, 2.24) is 14.1 Å². The molecule has 1 fully saturated rings. The third-order valence-electron chi connectivity index (χ3n) is 8.48. The summed E-state index contributed by atoms with van der Waals surface area (Å²) in [6.07, 6.45) is 6.53. The maximum absolute atomic E-state index is 14.3. The standard InChI is InChI=1S/C32H39N3O7S/c1-18(2)42-24-9-7-6-8-23(24)21(16-20-10-12-22(36)13-11-20)17-34-29-25(19(3)26(43-29)27-33-14-15-41-27)28(37)35(31(34)40)32(4,5)30(38)39/h6-9,14-15,18,20-22,36H,10-13,16-17H2,1-5H3,(H,38,39)/t20-,21-,22-/m0/s1. The van der Waals surface area contributed by atoms with Gasteiger partial charge >= 0.3 is 11.7 Å². The van der Waals surface area contributed by atoms with Crippen LogP contribution in [0.3, 0.4) is 0 Å². The van der Waals surface area contributed by atoms with Crippen LogP contribution in [0.1, 0.15) is 76.8 Å². The number of hydrogen-bond acceptors (Lipinski definition) is 8. The predicted molar refractivity (Wildman–Crippen MR) is 165 cm³/mol. The number of ether oxygens (including phenoxy) is 1. The monoisotopic (exact) mass is 609 g/mol. The van der Waals surface area contributed by atoms with Gasteiger partial charge in [0.15, 0.2) is 0 Å². The van der Waals surface area contributed by atoms with Gasteiger partial charge in [-0.15, -0.1) is 11.3 Å². The van der Waals surface area contributed by atoms with E-state index in [0.717, 1.165) is 48.0 Å². The molecule has 1 aliphatic rings. The number of nitrogens with zero attached hydrogens (tertiary/aromatic N) is 3. The number of thiophene rings is 1.